The first-order valence-corrected chi connectivity index (χ1v) is 5.98. The minimum Gasteiger partial charge on any atom is -0.481 e. The van der Waals surface area contributed by atoms with E-state index in [-0.39, 0.29) is 18.3 Å². The van der Waals surface area contributed by atoms with Crippen molar-refractivity contribution in [3.05, 3.63) is 42.3 Å². The Bertz CT molecular complexity index is 624. The number of amides is 1. The Kier molecular flexibility index (Phi) is 4.86. The molecule has 1 aromatic heterocycles. The maximum Gasteiger partial charge on any atom is 0.276 e. The maximum atomic E-state index is 13.3. The van der Waals surface area contributed by atoms with Gasteiger partial charge in [0.05, 0.1) is 7.11 Å². The summed E-state index contributed by atoms with van der Waals surface area (Å²) in [5.41, 5.74) is 4.82. The molecular formula is C13H13FN4O3. The molecule has 1 amide bonds. The number of methoxy groups -OCH3 is 1. The van der Waals surface area contributed by atoms with Gasteiger partial charge in [-0.05, 0) is 12.1 Å². The molecule has 0 aliphatic rings. The number of nitrogens with one attached hydrogen (secondary N) is 2. The van der Waals surface area contributed by atoms with Crippen LogP contribution in [0.4, 0.5) is 10.3 Å². The fourth-order valence-corrected chi connectivity index (χ4v) is 1.38. The molecule has 0 aliphatic heterocycles. The van der Waals surface area contributed by atoms with Crippen LogP contribution in [-0.4, -0.2) is 29.6 Å². The number of ether oxygens (including phenoxy) is 2. The van der Waals surface area contributed by atoms with Crippen molar-refractivity contribution in [2.45, 2.75) is 0 Å². The molecule has 2 aromatic rings. The van der Waals surface area contributed by atoms with Crippen LogP contribution in [-0.2, 0) is 4.79 Å². The van der Waals surface area contributed by atoms with Crippen LogP contribution in [0.3, 0.4) is 0 Å². The number of anilines is 1. The van der Waals surface area contributed by atoms with Crippen molar-refractivity contribution < 1.29 is 18.7 Å². The van der Waals surface area contributed by atoms with Crippen molar-refractivity contribution >= 4 is 11.9 Å². The Morgan fingerprint density at radius 1 is 1.33 bits per heavy atom. The molecule has 0 saturated heterocycles. The van der Waals surface area contributed by atoms with E-state index in [9.17, 15) is 9.18 Å². The van der Waals surface area contributed by atoms with Crippen LogP contribution in [0.5, 0.6) is 11.6 Å². The van der Waals surface area contributed by atoms with Gasteiger partial charge in [-0.25, -0.2) is 9.37 Å². The lowest BCUT2D eigenvalue weighted by Crippen LogP contribution is -2.34. The number of rotatable bonds is 6. The van der Waals surface area contributed by atoms with Gasteiger partial charge in [-0.15, -0.1) is 0 Å². The molecule has 2 N–H and O–H groups in total. The predicted octanol–water partition coefficient (Wildman–Crippen LogP) is 1.15. The summed E-state index contributed by atoms with van der Waals surface area (Å²) >= 11 is 0. The fraction of sp³-hybridized carbons (Fsp3) is 0.154. The Morgan fingerprint density at radius 3 is 2.90 bits per heavy atom. The van der Waals surface area contributed by atoms with Gasteiger partial charge in [-0.1, -0.05) is 12.1 Å². The van der Waals surface area contributed by atoms with Crippen molar-refractivity contribution in [2.24, 2.45) is 0 Å². The molecule has 21 heavy (non-hydrogen) atoms. The van der Waals surface area contributed by atoms with E-state index in [1.807, 2.05) is 0 Å². The predicted molar refractivity (Wildman–Crippen MR) is 72.2 cm³/mol. The second-order valence-corrected chi connectivity index (χ2v) is 3.81. The normalized spacial score (nSPS) is 9.81. The smallest absolute Gasteiger partial charge is 0.276 e. The summed E-state index contributed by atoms with van der Waals surface area (Å²) in [4.78, 5) is 19.4. The highest BCUT2D eigenvalue weighted by Crippen LogP contribution is 2.14. The van der Waals surface area contributed by atoms with E-state index in [4.69, 9.17) is 9.47 Å². The molecule has 0 radical (unpaired) electrons. The van der Waals surface area contributed by atoms with Crippen LogP contribution in [0.1, 0.15) is 0 Å². The lowest BCUT2D eigenvalue weighted by atomic mass is 10.3. The van der Waals surface area contributed by atoms with Crippen molar-refractivity contribution in [1.82, 2.24) is 15.4 Å². The van der Waals surface area contributed by atoms with E-state index >= 15 is 0 Å². The molecule has 0 saturated carbocycles. The number of carbonyl (C=O) groups excluding carboxylic acids is 1. The Labute approximate surface area is 120 Å². The molecule has 1 heterocycles. The van der Waals surface area contributed by atoms with Gasteiger partial charge in [0.1, 0.15) is 0 Å². The van der Waals surface area contributed by atoms with Crippen molar-refractivity contribution in [1.29, 1.82) is 0 Å². The highest BCUT2D eigenvalue weighted by atomic mass is 19.1. The Morgan fingerprint density at radius 2 is 2.14 bits per heavy atom. The second-order valence-electron chi connectivity index (χ2n) is 3.81. The van der Waals surface area contributed by atoms with E-state index in [1.165, 1.54) is 31.5 Å². The highest BCUT2D eigenvalue weighted by Gasteiger charge is 2.06. The van der Waals surface area contributed by atoms with E-state index in [1.54, 1.807) is 12.1 Å². The number of hydrogen-bond donors (Lipinski definition) is 2. The highest BCUT2D eigenvalue weighted by molar-refractivity contribution is 5.78. The topological polar surface area (TPSA) is 85.4 Å². The van der Waals surface area contributed by atoms with E-state index < -0.39 is 11.7 Å². The summed E-state index contributed by atoms with van der Waals surface area (Å²) in [6.07, 6.45) is 1.47. The molecule has 1 aromatic carbocycles. The van der Waals surface area contributed by atoms with Gasteiger partial charge in [-0.2, -0.15) is 4.98 Å². The lowest BCUT2D eigenvalue weighted by Gasteiger charge is -2.09. The number of halogens is 1. The fourth-order valence-electron chi connectivity index (χ4n) is 1.38. The van der Waals surface area contributed by atoms with Crippen molar-refractivity contribution in [3.63, 3.8) is 0 Å². The summed E-state index contributed by atoms with van der Waals surface area (Å²) in [5.74, 6) is -0.526. The summed E-state index contributed by atoms with van der Waals surface area (Å²) in [7, 11) is 1.47. The monoisotopic (exact) mass is 292 g/mol. The van der Waals surface area contributed by atoms with Crippen LogP contribution in [0.2, 0.25) is 0 Å². The minimum atomic E-state index is -0.533. The van der Waals surface area contributed by atoms with E-state index in [0.717, 1.165) is 0 Å². The third-order valence-corrected chi connectivity index (χ3v) is 2.35. The molecule has 0 atom stereocenters. The standard InChI is InChI=1S/C13H13FN4O3/c1-20-12-6-7-15-13(16-12)18-17-11(19)8-21-10-5-3-2-4-9(10)14/h2-7H,8H2,1H3,(H,17,19)(H,15,16,18). The summed E-state index contributed by atoms with van der Waals surface area (Å²) < 4.78 is 23.2. The second kappa shape index (κ2) is 7.04. The first-order chi connectivity index (χ1) is 10.2. The van der Waals surface area contributed by atoms with Gasteiger partial charge in [0.2, 0.25) is 11.8 Å². The Balaban J connectivity index is 1.81. The van der Waals surface area contributed by atoms with E-state index in [0.29, 0.717) is 5.88 Å². The van der Waals surface area contributed by atoms with Gasteiger partial charge < -0.3 is 9.47 Å². The zero-order chi connectivity index (χ0) is 15.1. The molecule has 0 fully saturated rings. The third-order valence-electron chi connectivity index (χ3n) is 2.35. The first-order valence-electron chi connectivity index (χ1n) is 5.98. The molecule has 2 rings (SSSR count). The van der Waals surface area contributed by atoms with Crippen LogP contribution in [0, 0.1) is 5.82 Å². The largest absolute Gasteiger partial charge is 0.481 e. The third kappa shape index (κ3) is 4.30. The zero-order valence-electron chi connectivity index (χ0n) is 11.2. The first kappa shape index (κ1) is 14.5. The van der Waals surface area contributed by atoms with Crippen molar-refractivity contribution in [3.8, 4) is 11.6 Å². The van der Waals surface area contributed by atoms with Crippen LogP contribution in [0.15, 0.2) is 36.5 Å². The number of hydrazine groups is 1. The average molecular weight is 292 g/mol. The molecule has 0 spiro atoms. The number of nitrogens with zero attached hydrogens (tertiary/aromatic N) is 2. The molecule has 7 nitrogen and oxygen atoms in total. The molecular weight excluding hydrogens is 279 g/mol. The number of aromatic nitrogens is 2. The van der Waals surface area contributed by atoms with Crippen LogP contribution >= 0.6 is 0 Å². The number of carbonyl (C=O) groups is 1. The lowest BCUT2D eigenvalue weighted by molar-refractivity contribution is -0.122. The molecule has 0 unspecified atom stereocenters. The average Bonchev–Trinajstić information content (AvgIpc) is 2.52. The molecule has 0 bridgehead atoms. The maximum absolute atomic E-state index is 13.3. The number of benzene rings is 1. The van der Waals surface area contributed by atoms with E-state index in [2.05, 4.69) is 20.8 Å². The molecule has 110 valence electrons. The van der Waals surface area contributed by atoms with Gasteiger partial charge in [0, 0.05) is 12.3 Å². The Hall–Kier alpha value is -2.90. The molecule has 0 aliphatic carbocycles. The number of para-hydroxylation sites is 1. The van der Waals surface area contributed by atoms with Gasteiger partial charge >= 0.3 is 0 Å². The van der Waals surface area contributed by atoms with Crippen LogP contribution < -0.4 is 20.3 Å². The summed E-state index contributed by atoms with van der Waals surface area (Å²) in [6.45, 7) is -0.349. The summed E-state index contributed by atoms with van der Waals surface area (Å²) in [5, 5.41) is 0. The zero-order valence-corrected chi connectivity index (χ0v) is 11.2. The molecule has 8 heteroatoms. The van der Waals surface area contributed by atoms with Crippen molar-refractivity contribution in [2.75, 3.05) is 19.1 Å². The van der Waals surface area contributed by atoms with Gasteiger partial charge in [-0.3, -0.25) is 15.6 Å². The van der Waals surface area contributed by atoms with Gasteiger partial charge in [0.25, 0.3) is 5.91 Å². The summed E-state index contributed by atoms with van der Waals surface area (Å²) in [6, 6.07) is 7.38. The van der Waals surface area contributed by atoms with Gasteiger partial charge in [0.15, 0.2) is 18.2 Å². The quantitative estimate of drug-likeness (QED) is 0.777. The number of hydrogen-bond acceptors (Lipinski definition) is 6. The minimum absolute atomic E-state index is 0.00489. The SMILES string of the molecule is COc1ccnc(NNC(=O)COc2ccccc2F)n1. The van der Waals surface area contributed by atoms with Crippen LogP contribution in [0.25, 0.3) is 0 Å².